The van der Waals surface area contributed by atoms with Gasteiger partial charge in [0, 0.05) is 6.04 Å². The second-order valence-electron chi connectivity index (χ2n) is 2.76. The van der Waals surface area contributed by atoms with Crippen LogP contribution in [-0.4, -0.2) is 18.0 Å². The highest BCUT2D eigenvalue weighted by Crippen LogP contribution is 1.84. The van der Waals surface area contributed by atoms with E-state index in [1.807, 2.05) is 13.8 Å². The van der Waals surface area contributed by atoms with Gasteiger partial charge in [-0.3, -0.25) is 4.79 Å². The zero-order chi connectivity index (χ0) is 8.85. The Morgan fingerprint density at radius 1 is 1.45 bits per heavy atom. The molecular formula is C8H16N2O. The average Bonchev–Trinajstić information content (AvgIpc) is 1.86. The van der Waals surface area contributed by atoms with Crippen LogP contribution in [0.1, 0.15) is 20.8 Å². The number of hydrogen-bond donors (Lipinski definition) is 2. The summed E-state index contributed by atoms with van der Waals surface area (Å²) >= 11 is 0. The van der Waals surface area contributed by atoms with Gasteiger partial charge in [-0.25, -0.2) is 0 Å². The Labute approximate surface area is 67.9 Å². The van der Waals surface area contributed by atoms with Crippen LogP contribution >= 0.6 is 0 Å². The molecule has 1 atom stereocenters. The second-order valence-corrected chi connectivity index (χ2v) is 2.76. The molecular weight excluding hydrogens is 140 g/mol. The van der Waals surface area contributed by atoms with Gasteiger partial charge in [-0.1, -0.05) is 6.58 Å². The van der Waals surface area contributed by atoms with Crippen molar-refractivity contribution in [2.24, 2.45) is 0 Å². The lowest BCUT2D eigenvalue weighted by atomic mass is 10.3. The van der Waals surface area contributed by atoms with Crippen LogP contribution in [0.25, 0.3) is 0 Å². The summed E-state index contributed by atoms with van der Waals surface area (Å²) in [5, 5.41) is 5.58. The molecule has 3 nitrogen and oxygen atoms in total. The number of nitrogens with one attached hydrogen (secondary N) is 2. The predicted molar refractivity (Wildman–Crippen MR) is 46.1 cm³/mol. The number of carbonyl (C=O) groups is 1. The summed E-state index contributed by atoms with van der Waals surface area (Å²) in [6, 6.07) is -0.00790. The maximum absolute atomic E-state index is 11.1. The lowest BCUT2D eigenvalue weighted by molar-refractivity contribution is -0.123. The molecule has 0 saturated heterocycles. The van der Waals surface area contributed by atoms with E-state index in [0.29, 0.717) is 0 Å². The Morgan fingerprint density at radius 2 is 2.00 bits per heavy atom. The molecule has 3 heteroatoms. The predicted octanol–water partition coefficient (Wildman–Crippen LogP) is 0.633. The summed E-state index contributed by atoms with van der Waals surface area (Å²) in [6.07, 6.45) is 1.52. The van der Waals surface area contributed by atoms with Gasteiger partial charge in [0.25, 0.3) is 0 Å². The molecule has 0 unspecified atom stereocenters. The van der Waals surface area contributed by atoms with Crippen LogP contribution < -0.4 is 10.6 Å². The van der Waals surface area contributed by atoms with E-state index in [1.165, 1.54) is 6.20 Å². The normalized spacial score (nSPS) is 12.4. The maximum Gasteiger partial charge on any atom is 0.242 e. The van der Waals surface area contributed by atoms with Crippen LogP contribution in [0.3, 0.4) is 0 Å². The van der Waals surface area contributed by atoms with Gasteiger partial charge in [0.2, 0.25) is 5.91 Å². The molecule has 0 heterocycles. The van der Waals surface area contributed by atoms with Crippen LogP contribution in [0.4, 0.5) is 0 Å². The van der Waals surface area contributed by atoms with Crippen LogP contribution in [0.2, 0.25) is 0 Å². The van der Waals surface area contributed by atoms with E-state index in [4.69, 9.17) is 0 Å². The summed E-state index contributed by atoms with van der Waals surface area (Å²) in [4.78, 5) is 11.1. The molecule has 0 spiro atoms. The molecule has 0 aliphatic heterocycles. The first kappa shape index (κ1) is 10.0. The molecule has 0 rings (SSSR count). The van der Waals surface area contributed by atoms with E-state index in [0.717, 1.165) is 0 Å². The molecule has 0 aromatic carbocycles. The van der Waals surface area contributed by atoms with Gasteiger partial charge >= 0.3 is 0 Å². The van der Waals surface area contributed by atoms with Crippen molar-refractivity contribution >= 4 is 5.91 Å². The summed E-state index contributed by atoms with van der Waals surface area (Å²) in [5.41, 5.74) is 0. The molecule has 0 aliphatic rings. The van der Waals surface area contributed by atoms with Crippen molar-refractivity contribution in [1.29, 1.82) is 0 Å². The number of rotatable bonds is 4. The first-order valence-electron chi connectivity index (χ1n) is 3.75. The van der Waals surface area contributed by atoms with Gasteiger partial charge in [-0.05, 0) is 27.0 Å². The molecule has 2 N–H and O–H groups in total. The highest BCUT2D eigenvalue weighted by Gasteiger charge is 2.10. The van der Waals surface area contributed by atoms with Crippen molar-refractivity contribution in [2.45, 2.75) is 32.9 Å². The van der Waals surface area contributed by atoms with Crippen LogP contribution in [-0.2, 0) is 4.79 Å². The quantitative estimate of drug-likeness (QED) is 0.627. The van der Waals surface area contributed by atoms with Gasteiger partial charge in [0.1, 0.15) is 6.04 Å². The maximum atomic E-state index is 11.1. The Bertz CT molecular complexity index is 143. The molecule has 0 aromatic rings. The standard InChI is InChI=1S/C8H16N2O/c1-5-9-7(4)8(11)10-6(2)3/h5-7,9H,1H2,2-4H3,(H,10,11)/t7-/m0/s1. The van der Waals surface area contributed by atoms with Gasteiger partial charge < -0.3 is 10.6 Å². The van der Waals surface area contributed by atoms with Crippen molar-refractivity contribution in [3.63, 3.8) is 0 Å². The fourth-order valence-electron chi connectivity index (χ4n) is 0.662. The Balaban J connectivity index is 3.72. The van der Waals surface area contributed by atoms with Gasteiger partial charge in [0.05, 0.1) is 0 Å². The third-order valence-electron chi connectivity index (χ3n) is 1.19. The number of amides is 1. The lowest BCUT2D eigenvalue weighted by Crippen LogP contribution is -2.42. The van der Waals surface area contributed by atoms with E-state index in [1.54, 1.807) is 6.92 Å². The smallest absolute Gasteiger partial charge is 0.242 e. The van der Waals surface area contributed by atoms with E-state index in [-0.39, 0.29) is 18.0 Å². The monoisotopic (exact) mass is 156 g/mol. The second kappa shape index (κ2) is 4.77. The van der Waals surface area contributed by atoms with Gasteiger partial charge in [-0.2, -0.15) is 0 Å². The van der Waals surface area contributed by atoms with E-state index in [9.17, 15) is 4.79 Å². The summed E-state index contributed by atoms with van der Waals surface area (Å²) in [5.74, 6) is -0.0000926. The minimum absolute atomic E-state index is 0.0000926. The molecule has 0 saturated carbocycles. The first-order chi connectivity index (χ1) is 5.07. The third-order valence-corrected chi connectivity index (χ3v) is 1.19. The van der Waals surface area contributed by atoms with Crippen LogP contribution in [0, 0.1) is 0 Å². The van der Waals surface area contributed by atoms with E-state index in [2.05, 4.69) is 17.2 Å². The number of hydrogen-bond acceptors (Lipinski definition) is 2. The topological polar surface area (TPSA) is 41.1 Å². The summed E-state index contributed by atoms with van der Waals surface area (Å²) in [7, 11) is 0. The zero-order valence-corrected chi connectivity index (χ0v) is 7.35. The summed E-state index contributed by atoms with van der Waals surface area (Å²) in [6.45, 7) is 9.12. The van der Waals surface area contributed by atoms with Crippen LogP contribution in [0.15, 0.2) is 12.8 Å². The van der Waals surface area contributed by atoms with Crippen molar-refractivity contribution in [3.8, 4) is 0 Å². The molecule has 11 heavy (non-hydrogen) atoms. The Kier molecular flexibility index (Phi) is 4.34. The largest absolute Gasteiger partial charge is 0.380 e. The molecule has 0 aliphatic carbocycles. The van der Waals surface area contributed by atoms with E-state index < -0.39 is 0 Å². The SMILES string of the molecule is C=CN[C@@H](C)C(=O)NC(C)C. The Hall–Kier alpha value is -0.990. The lowest BCUT2D eigenvalue weighted by Gasteiger charge is -2.13. The first-order valence-corrected chi connectivity index (χ1v) is 3.75. The third kappa shape index (κ3) is 4.42. The number of carbonyl (C=O) groups excluding carboxylic acids is 1. The minimum atomic E-state index is -0.199. The summed E-state index contributed by atoms with van der Waals surface area (Å²) < 4.78 is 0. The van der Waals surface area contributed by atoms with Crippen molar-refractivity contribution in [1.82, 2.24) is 10.6 Å². The van der Waals surface area contributed by atoms with Crippen molar-refractivity contribution < 1.29 is 4.79 Å². The van der Waals surface area contributed by atoms with Crippen molar-refractivity contribution in [2.75, 3.05) is 0 Å². The van der Waals surface area contributed by atoms with Crippen molar-refractivity contribution in [3.05, 3.63) is 12.8 Å². The highest BCUT2D eigenvalue weighted by molar-refractivity contribution is 5.81. The van der Waals surface area contributed by atoms with E-state index >= 15 is 0 Å². The Morgan fingerprint density at radius 3 is 2.36 bits per heavy atom. The molecule has 64 valence electrons. The molecule has 0 fully saturated rings. The van der Waals surface area contributed by atoms with Gasteiger partial charge in [-0.15, -0.1) is 0 Å². The highest BCUT2D eigenvalue weighted by atomic mass is 16.2. The zero-order valence-electron chi connectivity index (χ0n) is 7.35. The van der Waals surface area contributed by atoms with Gasteiger partial charge in [0.15, 0.2) is 0 Å². The average molecular weight is 156 g/mol. The molecule has 0 radical (unpaired) electrons. The molecule has 0 bridgehead atoms. The fourth-order valence-corrected chi connectivity index (χ4v) is 0.662. The molecule has 1 amide bonds. The van der Waals surface area contributed by atoms with Crippen LogP contribution in [0.5, 0.6) is 0 Å². The minimum Gasteiger partial charge on any atom is -0.380 e. The fraction of sp³-hybridized carbons (Fsp3) is 0.625. The molecule has 0 aromatic heterocycles.